The summed E-state index contributed by atoms with van der Waals surface area (Å²) in [7, 11) is 0. The Bertz CT molecular complexity index is 522. The third-order valence-electron chi connectivity index (χ3n) is 2.46. The molecule has 0 saturated carbocycles. The first-order chi connectivity index (χ1) is 6.34. The van der Waals surface area contributed by atoms with Gasteiger partial charge in [0.15, 0.2) is 0 Å². The number of aromatic amines is 2. The van der Waals surface area contributed by atoms with Gasteiger partial charge in [0.2, 0.25) is 0 Å². The standard InChI is InChI=1S/C10H8N2O/c13-10-11-8-5-6-3-1-2-4-7(6)9(8)12-10/h1-4H,5H2,(H2,11,12,13). The van der Waals surface area contributed by atoms with Gasteiger partial charge in [-0.25, -0.2) is 4.79 Å². The zero-order chi connectivity index (χ0) is 8.84. The number of hydrogen-bond donors (Lipinski definition) is 2. The van der Waals surface area contributed by atoms with Crippen molar-refractivity contribution in [2.75, 3.05) is 0 Å². The van der Waals surface area contributed by atoms with Crippen LogP contribution < -0.4 is 5.69 Å². The number of imidazole rings is 1. The third kappa shape index (κ3) is 0.811. The van der Waals surface area contributed by atoms with E-state index < -0.39 is 0 Å². The van der Waals surface area contributed by atoms with Crippen LogP contribution in [0.4, 0.5) is 0 Å². The van der Waals surface area contributed by atoms with Gasteiger partial charge in [-0.05, 0) is 5.56 Å². The number of aromatic nitrogens is 2. The van der Waals surface area contributed by atoms with E-state index in [9.17, 15) is 4.79 Å². The summed E-state index contributed by atoms with van der Waals surface area (Å²) in [4.78, 5) is 16.6. The number of rotatable bonds is 0. The molecule has 3 nitrogen and oxygen atoms in total. The molecule has 1 aliphatic carbocycles. The fraction of sp³-hybridized carbons (Fsp3) is 0.100. The van der Waals surface area contributed by atoms with Crippen LogP contribution in [0.2, 0.25) is 0 Å². The first-order valence-corrected chi connectivity index (χ1v) is 4.24. The molecule has 0 spiro atoms. The van der Waals surface area contributed by atoms with Crippen LogP contribution in [0.1, 0.15) is 11.3 Å². The van der Waals surface area contributed by atoms with E-state index >= 15 is 0 Å². The molecule has 3 rings (SSSR count). The van der Waals surface area contributed by atoms with Gasteiger partial charge < -0.3 is 9.97 Å². The summed E-state index contributed by atoms with van der Waals surface area (Å²) < 4.78 is 0. The second kappa shape index (κ2) is 2.13. The van der Waals surface area contributed by atoms with Gasteiger partial charge in [-0.3, -0.25) is 0 Å². The van der Waals surface area contributed by atoms with Crippen molar-refractivity contribution in [2.24, 2.45) is 0 Å². The van der Waals surface area contributed by atoms with Crippen molar-refractivity contribution in [3.8, 4) is 11.3 Å². The van der Waals surface area contributed by atoms with Gasteiger partial charge in [0.25, 0.3) is 0 Å². The molecule has 1 aromatic heterocycles. The van der Waals surface area contributed by atoms with Crippen molar-refractivity contribution in [1.82, 2.24) is 9.97 Å². The van der Waals surface area contributed by atoms with Gasteiger partial charge >= 0.3 is 5.69 Å². The molecule has 1 aromatic carbocycles. The van der Waals surface area contributed by atoms with Gasteiger partial charge in [-0.2, -0.15) is 0 Å². The average Bonchev–Trinajstić information content (AvgIpc) is 2.60. The number of hydrogen-bond acceptors (Lipinski definition) is 1. The van der Waals surface area contributed by atoms with Gasteiger partial charge in [0, 0.05) is 17.7 Å². The van der Waals surface area contributed by atoms with Gasteiger partial charge in [-0.1, -0.05) is 24.3 Å². The van der Waals surface area contributed by atoms with Crippen molar-refractivity contribution in [1.29, 1.82) is 0 Å². The molecular formula is C10H8N2O. The smallest absolute Gasteiger partial charge is 0.309 e. The molecule has 0 fully saturated rings. The molecule has 0 atom stereocenters. The quantitative estimate of drug-likeness (QED) is 0.527. The van der Waals surface area contributed by atoms with Crippen molar-refractivity contribution >= 4 is 0 Å². The maximum Gasteiger partial charge on any atom is 0.323 e. The van der Waals surface area contributed by atoms with E-state index in [0.29, 0.717) is 0 Å². The van der Waals surface area contributed by atoms with E-state index in [0.717, 1.165) is 23.4 Å². The molecule has 1 heterocycles. The molecule has 0 bridgehead atoms. The lowest BCUT2D eigenvalue weighted by molar-refractivity contribution is 1.10. The van der Waals surface area contributed by atoms with E-state index in [1.807, 2.05) is 18.2 Å². The number of benzene rings is 1. The van der Waals surface area contributed by atoms with E-state index in [2.05, 4.69) is 16.0 Å². The lowest BCUT2D eigenvalue weighted by Crippen LogP contribution is -2.02. The van der Waals surface area contributed by atoms with E-state index in [1.165, 1.54) is 5.56 Å². The molecular weight excluding hydrogens is 164 g/mol. The van der Waals surface area contributed by atoms with E-state index in [-0.39, 0.29) is 5.69 Å². The molecule has 1 aliphatic rings. The first kappa shape index (κ1) is 6.71. The highest BCUT2D eigenvalue weighted by atomic mass is 16.1. The molecule has 13 heavy (non-hydrogen) atoms. The highest BCUT2D eigenvalue weighted by molar-refractivity contribution is 5.71. The maximum absolute atomic E-state index is 11.0. The van der Waals surface area contributed by atoms with E-state index in [1.54, 1.807) is 0 Å². The summed E-state index contributed by atoms with van der Waals surface area (Å²) in [5, 5.41) is 0. The van der Waals surface area contributed by atoms with Crippen LogP contribution in [0, 0.1) is 0 Å². The van der Waals surface area contributed by atoms with Gasteiger partial charge in [0.05, 0.1) is 5.69 Å². The highest BCUT2D eigenvalue weighted by Crippen LogP contribution is 2.32. The number of H-pyrrole nitrogens is 2. The molecule has 2 aromatic rings. The first-order valence-electron chi connectivity index (χ1n) is 4.24. The zero-order valence-corrected chi connectivity index (χ0v) is 6.92. The van der Waals surface area contributed by atoms with Crippen molar-refractivity contribution in [2.45, 2.75) is 6.42 Å². The maximum atomic E-state index is 11.0. The van der Waals surface area contributed by atoms with Crippen LogP contribution in [-0.2, 0) is 6.42 Å². The molecule has 0 radical (unpaired) electrons. The van der Waals surface area contributed by atoms with Gasteiger partial charge in [-0.15, -0.1) is 0 Å². The van der Waals surface area contributed by atoms with Crippen molar-refractivity contribution in [3.05, 3.63) is 46.0 Å². The minimum Gasteiger partial charge on any atom is -0.309 e. The van der Waals surface area contributed by atoms with Crippen LogP contribution in [0.3, 0.4) is 0 Å². The normalized spacial score (nSPS) is 12.6. The second-order valence-corrected chi connectivity index (χ2v) is 3.27. The Morgan fingerprint density at radius 3 is 2.92 bits per heavy atom. The fourth-order valence-electron chi connectivity index (χ4n) is 1.89. The van der Waals surface area contributed by atoms with Crippen molar-refractivity contribution < 1.29 is 0 Å². The second-order valence-electron chi connectivity index (χ2n) is 3.27. The Hall–Kier alpha value is -1.77. The summed E-state index contributed by atoms with van der Waals surface area (Å²) in [6.07, 6.45) is 0.838. The van der Waals surface area contributed by atoms with Crippen LogP contribution in [-0.4, -0.2) is 9.97 Å². The Kier molecular flexibility index (Phi) is 1.10. The minimum absolute atomic E-state index is 0.112. The van der Waals surface area contributed by atoms with Crippen LogP contribution in [0.25, 0.3) is 11.3 Å². The number of nitrogens with one attached hydrogen (secondary N) is 2. The summed E-state index contributed by atoms with van der Waals surface area (Å²) in [5.41, 5.74) is 4.28. The van der Waals surface area contributed by atoms with Crippen molar-refractivity contribution in [3.63, 3.8) is 0 Å². The summed E-state index contributed by atoms with van der Waals surface area (Å²) in [6.45, 7) is 0. The SMILES string of the molecule is O=c1[nH]c2c([nH]1)-c1ccccc1C2. The summed E-state index contributed by atoms with van der Waals surface area (Å²) in [6, 6.07) is 8.12. The lowest BCUT2D eigenvalue weighted by atomic mass is 10.1. The summed E-state index contributed by atoms with van der Waals surface area (Å²) in [5.74, 6) is 0. The zero-order valence-electron chi connectivity index (χ0n) is 6.92. The Balaban J connectivity index is 2.36. The molecule has 64 valence electrons. The molecule has 2 N–H and O–H groups in total. The lowest BCUT2D eigenvalue weighted by Gasteiger charge is -1.95. The summed E-state index contributed by atoms with van der Waals surface area (Å²) >= 11 is 0. The Labute approximate surface area is 74.4 Å². The molecule has 3 heteroatoms. The third-order valence-corrected chi connectivity index (χ3v) is 2.46. The predicted molar refractivity (Wildman–Crippen MR) is 49.7 cm³/mol. The molecule has 0 unspecified atom stereocenters. The minimum atomic E-state index is -0.112. The Morgan fingerprint density at radius 1 is 1.15 bits per heavy atom. The topological polar surface area (TPSA) is 48.6 Å². The highest BCUT2D eigenvalue weighted by Gasteiger charge is 2.19. The molecule has 0 amide bonds. The molecule has 0 saturated heterocycles. The van der Waals surface area contributed by atoms with Gasteiger partial charge in [0.1, 0.15) is 0 Å². The predicted octanol–water partition coefficient (Wildman–Crippen LogP) is 1.27. The Morgan fingerprint density at radius 2 is 2.00 bits per heavy atom. The number of fused-ring (bicyclic) bond motifs is 3. The molecule has 0 aliphatic heterocycles. The van der Waals surface area contributed by atoms with E-state index in [4.69, 9.17) is 0 Å². The fourth-order valence-corrected chi connectivity index (χ4v) is 1.89. The monoisotopic (exact) mass is 172 g/mol. The van der Waals surface area contributed by atoms with Crippen LogP contribution in [0.5, 0.6) is 0 Å². The van der Waals surface area contributed by atoms with Crippen LogP contribution in [0.15, 0.2) is 29.1 Å². The average molecular weight is 172 g/mol. The van der Waals surface area contributed by atoms with Crippen LogP contribution >= 0.6 is 0 Å². The largest absolute Gasteiger partial charge is 0.323 e.